The fourth-order valence-corrected chi connectivity index (χ4v) is 1.63. The van der Waals surface area contributed by atoms with Crippen molar-refractivity contribution in [3.8, 4) is 0 Å². The van der Waals surface area contributed by atoms with Gasteiger partial charge in [0.05, 0.1) is 6.54 Å². The van der Waals surface area contributed by atoms with E-state index in [0.29, 0.717) is 13.0 Å². The average molecular weight is 247 g/mol. The van der Waals surface area contributed by atoms with Crippen LogP contribution in [0.2, 0.25) is 0 Å². The van der Waals surface area contributed by atoms with Crippen LogP contribution in [0.1, 0.15) is 18.1 Å². The second-order valence-electron chi connectivity index (χ2n) is 3.66. The molecule has 7 nitrogen and oxygen atoms in total. The monoisotopic (exact) mass is 247 g/mol. The van der Waals surface area contributed by atoms with Gasteiger partial charge < -0.3 is 10.5 Å². The van der Waals surface area contributed by atoms with Crippen molar-refractivity contribution >= 4 is 6.09 Å². The second kappa shape index (κ2) is 5.76. The summed E-state index contributed by atoms with van der Waals surface area (Å²) in [6, 6.07) is 9.40. The highest BCUT2D eigenvalue weighted by Crippen LogP contribution is 2.21. The van der Waals surface area contributed by atoms with E-state index in [1.54, 1.807) is 0 Å². The van der Waals surface area contributed by atoms with Crippen molar-refractivity contribution in [2.75, 3.05) is 0 Å². The molecule has 2 aromatic rings. The molecule has 0 bridgehead atoms. The van der Waals surface area contributed by atoms with E-state index in [1.807, 2.05) is 30.3 Å². The van der Waals surface area contributed by atoms with E-state index in [2.05, 4.69) is 15.4 Å². The Hall–Kier alpha value is -2.44. The largest absolute Gasteiger partial charge is 0.441 e. The SMILES string of the molecule is NC(=O)OC(CCn1ncnn1)c1ccccc1. The van der Waals surface area contributed by atoms with Gasteiger partial charge in [0.2, 0.25) is 0 Å². The van der Waals surface area contributed by atoms with Gasteiger partial charge >= 0.3 is 6.09 Å². The van der Waals surface area contributed by atoms with Crippen molar-refractivity contribution in [2.24, 2.45) is 5.73 Å². The third kappa shape index (κ3) is 3.27. The van der Waals surface area contributed by atoms with Crippen molar-refractivity contribution in [1.29, 1.82) is 0 Å². The predicted molar refractivity (Wildman–Crippen MR) is 62.3 cm³/mol. The maximum Gasteiger partial charge on any atom is 0.405 e. The Bertz CT molecular complexity index is 485. The van der Waals surface area contributed by atoms with Crippen LogP contribution in [0, 0.1) is 0 Å². The van der Waals surface area contributed by atoms with Crippen LogP contribution >= 0.6 is 0 Å². The third-order valence-electron chi connectivity index (χ3n) is 2.41. The molecule has 1 aromatic heterocycles. The van der Waals surface area contributed by atoms with Crippen LogP contribution in [-0.2, 0) is 11.3 Å². The second-order valence-corrected chi connectivity index (χ2v) is 3.66. The van der Waals surface area contributed by atoms with Crippen LogP contribution in [0.15, 0.2) is 36.7 Å². The number of tetrazole rings is 1. The average Bonchev–Trinajstić information content (AvgIpc) is 2.88. The number of benzene rings is 1. The Balaban J connectivity index is 2.03. The summed E-state index contributed by atoms with van der Waals surface area (Å²) in [7, 11) is 0. The molecule has 0 aliphatic heterocycles. The molecule has 94 valence electrons. The first-order valence-corrected chi connectivity index (χ1v) is 5.47. The molecule has 0 saturated heterocycles. The number of hydrogen-bond donors (Lipinski definition) is 1. The lowest BCUT2D eigenvalue weighted by atomic mass is 10.1. The molecule has 7 heteroatoms. The number of nitrogens with zero attached hydrogens (tertiary/aromatic N) is 4. The lowest BCUT2D eigenvalue weighted by Gasteiger charge is -2.16. The summed E-state index contributed by atoms with van der Waals surface area (Å²) in [5.41, 5.74) is 5.95. The summed E-state index contributed by atoms with van der Waals surface area (Å²) in [5.74, 6) is 0. The molecule has 0 fully saturated rings. The fourth-order valence-electron chi connectivity index (χ4n) is 1.63. The molecule has 1 heterocycles. The maximum absolute atomic E-state index is 10.9. The van der Waals surface area contributed by atoms with E-state index < -0.39 is 12.2 Å². The number of carbonyl (C=O) groups excluding carboxylic acids is 1. The smallest absolute Gasteiger partial charge is 0.405 e. The number of primary amides is 1. The Morgan fingerprint density at radius 3 is 2.78 bits per heavy atom. The first kappa shape index (κ1) is 12.0. The zero-order chi connectivity index (χ0) is 12.8. The molecule has 0 aliphatic rings. The van der Waals surface area contributed by atoms with E-state index in [0.717, 1.165) is 5.56 Å². The maximum atomic E-state index is 10.9. The molecule has 1 atom stereocenters. The van der Waals surface area contributed by atoms with E-state index in [9.17, 15) is 4.79 Å². The summed E-state index contributed by atoms with van der Waals surface area (Å²) in [6.45, 7) is 0.493. The Kier molecular flexibility index (Phi) is 3.85. The Morgan fingerprint density at radius 2 is 2.17 bits per heavy atom. The summed E-state index contributed by atoms with van der Waals surface area (Å²) in [4.78, 5) is 12.3. The first-order chi connectivity index (χ1) is 8.75. The lowest BCUT2D eigenvalue weighted by molar-refractivity contribution is 0.0966. The molecule has 18 heavy (non-hydrogen) atoms. The van der Waals surface area contributed by atoms with E-state index >= 15 is 0 Å². The zero-order valence-electron chi connectivity index (χ0n) is 9.64. The van der Waals surface area contributed by atoms with Gasteiger partial charge in [-0.2, -0.15) is 4.80 Å². The van der Waals surface area contributed by atoms with Crippen LogP contribution in [0.5, 0.6) is 0 Å². The van der Waals surface area contributed by atoms with Gasteiger partial charge in [0.15, 0.2) is 6.33 Å². The van der Waals surface area contributed by atoms with Gasteiger partial charge in [-0.1, -0.05) is 30.3 Å². The molecular weight excluding hydrogens is 234 g/mol. The minimum Gasteiger partial charge on any atom is -0.441 e. The molecule has 0 aliphatic carbocycles. The molecule has 2 rings (SSSR count). The topological polar surface area (TPSA) is 95.9 Å². The predicted octanol–water partition coefficient (Wildman–Crippen LogP) is 0.900. The van der Waals surface area contributed by atoms with Crippen LogP contribution in [0.25, 0.3) is 0 Å². The van der Waals surface area contributed by atoms with E-state index in [1.165, 1.54) is 11.1 Å². The van der Waals surface area contributed by atoms with Crippen LogP contribution in [-0.4, -0.2) is 26.3 Å². The van der Waals surface area contributed by atoms with Crippen LogP contribution < -0.4 is 5.73 Å². The first-order valence-electron chi connectivity index (χ1n) is 5.47. The zero-order valence-corrected chi connectivity index (χ0v) is 9.64. The number of carbonyl (C=O) groups is 1. The Labute approximate surface area is 104 Å². The molecule has 0 radical (unpaired) electrons. The highest BCUT2D eigenvalue weighted by Gasteiger charge is 2.15. The number of rotatable bonds is 5. The quantitative estimate of drug-likeness (QED) is 0.846. The van der Waals surface area contributed by atoms with E-state index in [-0.39, 0.29) is 0 Å². The van der Waals surface area contributed by atoms with Gasteiger partial charge in [-0.05, 0) is 10.8 Å². The van der Waals surface area contributed by atoms with Crippen molar-refractivity contribution in [2.45, 2.75) is 19.1 Å². The van der Waals surface area contributed by atoms with Gasteiger partial charge in [0.1, 0.15) is 6.10 Å². The summed E-state index contributed by atoms with van der Waals surface area (Å²) >= 11 is 0. The van der Waals surface area contributed by atoms with Gasteiger partial charge in [0, 0.05) is 6.42 Å². The van der Waals surface area contributed by atoms with Crippen LogP contribution in [0.4, 0.5) is 4.79 Å². The normalized spacial score (nSPS) is 12.0. The number of nitrogens with two attached hydrogens (primary N) is 1. The number of ether oxygens (including phenoxy) is 1. The lowest BCUT2D eigenvalue weighted by Crippen LogP contribution is -2.19. The molecule has 1 amide bonds. The number of amides is 1. The van der Waals surface area contributed by atoms with Gasteiger partial charge in [-0.25, -0.2) is 4.79 Å². The molecule has 1 aromatic carbocycles. The molecular formula is C11H13N5O2. The van der Waals surface area contributed by atoms with Gasteiger partial charge in [0.25, 0.3) is 0 Å². The Morgan fingerprint density at radius 1 is 1.39 bits per heavy atom. The van der Waals surface area contributed by atoms with E-state index in [4.69, 9.17) is 10.5 Å². The van der Waals surface area contributed by atoms with Gasteiger partial charge in [-0.3, -0.25) is 0 Å². The summed E-state index contributed by atoms with van der Waals surface area (Å²) in [6.07, 6.45) is 0.681. The third-order valence-corrected chi connectivity index (χ3v) is 2.41. The molecule has 0 saturated carbocycles. The molecule has 1 unspecified atom stereocenters. The fraction of sp³-hybridized carbons (Fsp3) is 0.273. The number of aromatic nitrogens is 4. The number of hydrogen-bond acceptors (Lipinski definition) is 5. The van der Waals surface area contributed by atoms with Crippen molar-refractivity contribution in [3.63, 3.8) is 0 Å². The van der Waals surface area contributed by atoms with Crippen molar-refractivity contribution < 1.29 is 9.53 Å². The highest BCUT2D eigenvalue weighted by molar-refractivity contribution is 5.65. The molecule has 0 spiro atoms. The summed E-state index contributed by atoms with van der Waals surface area (Å²) < 4.78 is 5.08. The highest BCUT2D eigenvalue weighted by atomic mass is 16.6. The van der Waals surface area contributed by atoms with Crippen molar-refractivity contribution in [3.05, 3.63) is 42.2 Å². The minimum atomic E-state index is -0.796. The molecule has 2 N–H and O–H groups in total. The van der Waals surface area contributed by atoms with Gasteiger partial charge in [-0.15, -0.1) is 10.2 Å². The standard InChI is InChI=1S/C11H13N5O2/c12-11(17)18-10(9-4-2-1-3-5-9)6-7-16-14-8-13-15-16/h1-5,8,10H,6-7H2,(H2,12,17). The van der Waals surface area contributed by atoms with Crippen molar-refractivity contribution in [1.82, 2.24) is 20.2 Å². The minimum absolute atomic E-state index is 0.408. The van der Waals surface area contributed by atoms with Crippen LogP contribution in [0.3, 0.4) is 0 Å². The summed E-state index contributed by atoms with van der Waals surface area (Å²) in [5, 5.41) is 11.2. The number of aryl methyl sites for hydroxylation is 1.